The van der Waals surface area contributed by atoms with Crippen molar-refractivity contribution in [2.75, 3.05) is 0 Å². The van der Waals surface area contributed by atoms with E-state index in [-0.39, 0.29) is 5.97 Å². The molecule has 0 aliphatic carbocycles. The maximum atomic E-state index is 13.2. The Bertz CT molecular complexity index is 936. The minimum atomic E-state index is -2.62. The van der Waals surface area contributed by atoms with Gasteiger partial charge in [0.1, 0.15) is 15.9 Å². The average molecular weight is 383 g/mol. The first kappa shape index (κ1) is 18.2. The van der Waals surface area contributed by atoms with Crippen molar-refractivity contribution >= 4 is 29.4 Å². The van der Waals surface area contributed by atoms with Crippen molar-refractivity contribution in [2.24, 2.45) is 0 Å². The lowest BCUT2D eigenvalue weighted by molar-refractivity contribution is 0.0755. The summed E-state index contributed by atoms with van der Waals surface area (Å²) >= 11 is 0. The van der Waals surface area contributed by atoms with Crippen LogP contribution in [-0.2, 0) is 4.52 Å². The second-order valence-corrected chi connectivity index (χ2v) is 9.31. The van der Waals surface area contributed by atoms with Crippen LogP contribution in [0.2, 0.25) is 0 Å². The second-order valence-electron chi connectivity index (χ2n) is 6.36. The Balaban J connectivity index is 1.95. The molecule has 3 heteroatoms. The zero-order valence-corrected chi connectivity index (χ0v) is 16.2. The lowest BCUT2D eigenvalue weighted by Gasteiger charge is -2.25. The van der Waals surface area contributed by atoms with Crippen molar-refractivity contribution in [1.82, 2.24) is 0 Å². The Kier molecular flexibility index (Phi) is 5.32. The molecule has 0 aliphatic heterocycles. The quantitative estimate of drug-likeness (QED) is 0.465. The standard InChI is InChI=1S/C25H20O2P/c26-25(21-13-5-1-6-14-21)27-28(22-15-7-2-8-16-22,23-17-9-3-10-18-23)24-19-11-4-12-20-24/h1-20H/q+1. The maximum absolute atomic E-state index is 13.2. The monoisotopic (exact) mass is 383 g/mol. The van der Waals surface area contributed by atoms with Crippen molar-refractivity contribution < 1.29 is 9.32 Å². The predicted molar refractivity (Wildman–Crippen MR) is 117 cm³/mol. The number of benzene rings is 4. The first-order valence-electron chi connectivity index (χ1n) is 9.15. The predicted octanol–water partition coefficient (Wildman–Crippen LogP) is 4.75. The van der Waals surface area contributed by atoms with Gasteiger partial charge in [-0.25, -0.2) is 4.79 Å². The molecule has 0 aromatic heterocycles. The molecule has 0 saturated carbocycles. The summed E-state index contributed by atoms with van der Waals surface area (Å²) in [5.74, 6) is -0.314. The molecule has 0 heterocycles. The highest BCUT2D eigenvalue weighted by Crippen LogP contribution is 2.56. The Morgan fingerprint density at radius 2 is 0.821 bits per heavy atom. The summed E-state index contributed by atoms with van der Waals surface area (Å²) in [7, 11) is -2.62. The van der Waals surface area contributed by atoms with Crippen LogP contribution in [0.1, 0.15) is 10.4 Å². The lowest BCUT2D eigenvalue weighted by Crippen LogP contribution is -2.34. The third-order valence-electron chi connectivity index (χ3n) is 4.59. The second kappa shape index (κ2) is 8.21. The maximum Gasteiger partial charge on any atom is 0.382 e. The molecule has 0 amide bonds. The van der Waals surface area contributed by atoms with E-state index in [2.05, 4.69) is 0 Å². The minimum Gasteiger partial charge on any atom is -0.292 e. The van der Waals surface area contributed by atoms with Crippen molar-refractivity contribution in [1.29, 1.82) is 0 Å². The van der Waals surface area contributed by atoms with Crippen molar-refractivity contribution in [3.05, 3.63) is 127 Å². The van der Waals surface area contributed by atoms with Crippen LogP contribution in [-0.4, -0.2) is 5.97 Å². The Labute approximate surface area is 165 Å². The van der Waals surface area contributed by atoms with Gasteiger partial charge in [-0.15, -0.1) is 0 Å². The molecular weight excluding hydrogens is 363 g/mol. The summed E-state index contributed by atoms with van der Waals surface area (Å²) in [6.07, 6.45) is 0. The van der Waals surface area contributed by atoms with E-state index in [1.807, 2.05) is 109 Å². The van der Waals surface area contributed by atoms with E-state index in [4.69, 9.17) is 4.52 Å². The molecule has 0 radical (unpaired) electrons. The summed E-state index contributed by atoms with van der Waals surface area (Å²) in [6.45, 7) is 0. The normalized spacial score (nSPS) is 11.0. The van der Waals surface area contributed by atoms with Gasteiger partial charge in [0, 0.05) is 0 Å². The van der Waals surface area contributed by atoms with Crippen LogP contribution >= 0.6 is 7.49 Å². The molecule has 28 heavy (non-hydrogen) atoms. The largest absolute Gasteiger partial charge is 0.382 e. The number of carbonyl (C=O) groups excluding carboxylic acids is 1. The van der Waals surface area contributed by atoms with Gasteiger partial charge in [-0.2, -0.15) is 0 Å². The van der Waals surface area contributed by atoms with E-state index in [9.17, 15) is 4.79 Å². The van der Waals surface area contributed by atoms with Gasteiger partial charge in [-0.05, 0) is 48.5 Å². The molecule has 0 atom stereocenters. The summed E-state index contributed by atoms with van der Waals surface area (Å²) in [5.41, 5.74) is 0.551. The first-order chi connectivity index (χ1) is 13.8. The number of rotatable bonds is 5. The van der Waals surface area contributed by atoms with E-state index >= 15 is 0 Å². The molecule has 4 rings (SSSR count). The molecule has 0 bridgehead atoms. The van der Waals surface area contributed by atoms with Crippen LogP contribution in [0.15, 0.2) is 121 Å². The van der Waals surface area contributed by atoms with Crippen molar-refractivity contribution in [3.63, 3.8) is 0 Å². The van der Waals surface area contributed by atoms with Crippen LogP contribution in [0.5, 0.6) is 0 Å². The molecule has 2 nitrogen and oxygen atoms in total. The third kappa shape index (κ3) is 3.47. The van der Waals surface area contributed by atoms with Gasteiger partial charge in [0.15, 0.2) is 0 Å². The summed E-state index contributed by atoms with van der Waals surface area (Å²) in [5, 5.41) is 3.03. The molecule has 0 spiro atoms. The highest BCUT2D eigenvalue weighted by atomic mass is 31.2. The molecule has 4 aromatic rings. The van der Waals surface area contributed by atoms with Crippen LogP contribution in [0.3, 0.4) is 0 Å². The molecule has 0 fully saturated rings. The highest BCUT2D eigenvalue weighted by molar-refractivity contribution is 7.92. The van der Waals surface area contributed by atoms with E-state index in [1.54, 1.807) is 12.1 Å². The van der Waals surface area contributed by atoms with E-state index in [0.717, 1.165) is 15.9 Å². The summed E-state index contributed by atoms with van der Waals surface area (Å²) < 4.78 is 6.45. The zero-order chi connectivity index (χ0) is 19.2. The fourth-order valence-corrected chi connectivity index (χ4v) is 6.61. The average Bonchev–Trinajstić information content (AvgIpc) is 2.80. The van der Waals surface area contributed by atoms with Crippen LogP contribution in [0.4, 0.5) is 0 Å². The van der Waals surface area contributed by atoms with Crippen LogP contribution in [0.25, 0.3) is 0 Å². The first-order valence-corrected chi connectivity index (χ1v) is 10.9. The number of carbonyl (C=O) groups is 1. The van der Waals surface area contributed by atoms with Crippen molar-refractivity contribution in [2.45, 2.75) is 0 Å². The summed E-state index contributed by atoms with van der Waals surface area (Å²) in [4.78, 5) is 13.2. The Hall–Kier alpha value is -3.22. The molecule has 4 aromatic carbocycles. The molecule has 0 aliphatic rings. The fraction of sp³-hybridized carbons (Fsp3) is 0. The third-order valence-corrected chi connectivity index (χ3v) is 8.10. The smallest absolute Gasteiger partial charge is 0.292 e. The van der Waals surface area contributed by atoms with E-state index in [0.29, 0.717) is 5.56 Å². The van der Waals surface area contributed by atoms with Gasteiger partial charge in [0.05, 0.1) is 5.56 Å². The van der Waals surface area contributed by atoms with Gasteiger partial charge in [-0.1, -0.05) is 72.8 Å². The van der Waals surface area contributed by atoms with E-state index in [1.165, 1.54) is 0 Å². The molecule has 0 unspecified atom stereocenters. The molecule has 0 saturated heterocycles. The zero-order valence-electron chi connectivity index (χ0n) is 15.3. The number of hydrogen-bond donors (Lipinski definition) is 0. The summed E-state index contributed by atoms with van der Waals surface area (Å²) in [6, 6.07) is 39.4. The highest BCUT2D eigenvalue weighted by Gasteiger charge is 2.51. The van der Waals surface area contributed by atoms with Crippen LogP contribution in [0, 0.1) is 0 Å². The minimum absolute atomic E-state index is 0.314. The Morgan fingerprint density at radius 1 is 0.500 bits per heavy atom. The number of hydrogen-bond acceptors (Lipinski definition) is 2. The van der Waals surface area contributed by atoms with Gasteiger partial charge in [-0.3, -0.25) is 4.52 Å². The van der Waals surface area contributed by atoms with Gasteiger partial charge in [0.25, 0.3) is 7.49 Å². The molecule has 0 N–H and O–H groups in total. The fourth-order valence-electron chi connectivity index (χ4n) is 3.27. The van der Waals surface area contributed by atoms with Crippen molar-refractivity contribution in [3.8, 4) is 0 Å². The van der Waals surface area contributed by atoms with E-state index < -0.39 is 7.49 Å². The lowest BCUT2D eigenvalue weighted by atomic mass is 10.2. The Morgan fingerprint density at radius 3 is 1.18 bits per heavy atom. The molecular formula is C25H20O2P+. The SMILES string of the molecule is O=C(O[P+](c1ccccc1)(c1ccccc1)c1ccccc1)c1ccccc1. The molecule has 136 valence electrons. The van der Waals surface area contributed by atoms with Crippen LogP contribution < -0.4 is 15.9 Å². The van der Waals surface area contributed by atoms with Gasteiger partial charge < -0.3 is 0 Å². The van der Waals surface area contributed by atoms with Gasteiger partial charge >= 0.3 is 5.97 Å². The van der Waals surface area contributed by atoms with Gasteiger partial charge in [0.2, 0.25) is 0 Å². The topological polar surface area (TPSA) is 26.3 Å².